The maximum atomic E-state index is 13.0. The quantitative estimate of drug-likeness (QED) is 0.513. The number of hydrogen-bond acceptors (Lipinski definition) is 2. The van der Waals surface area contributed by atoms with Gasteiger partial charge in [0.1, 0.15) is 0 Å². The molecule has 60 valence electrons. The second-order valence-corrected chi connectivity index (χ2v) is 2.39. The predicted octanol–water partition coefficient (Wildman–Crippen LogP) is 1.51. The van der Waals surface area contributed by atoms with Gasteiger partial charge in [-0.25, -0.2) is 4.98 Å². The average Bonchev–Trinajstić information content (AvgIpc) is 2.49. The van der Waals surface area contributed by atoms with Crippen LogP contribution >= 0.6 is 0 Å². The zero-order valence-corrected chi connectivity index (χ0v) is 6.04. The molecule has 2 heterocycles. The Morgan fingerprint density at radius 2 is 2.42 bits per heavy atom. The van der Waals surface area contributed by atoms with Crippen molar-refractivity contribution in [3.63, 3.8) is 0 Å². The molecule has 0 saturated heterocycles. The van der Waals surface area contributed by atoms with Crippen LogP contribution in [0.2, 0.25) is 0 Å². The minimum Gasteiger partial charge on any atom is -0.360 e. The van der Waals surface area contributed by atoms with Gasteiger partial charge in [-0.05, 0) is 6.07 Å². The molecule has 0 aromatic carbocycles. The van der Waals surface area contributed by atoms with Crippen molar-refractivity contribution < 1.29 is 9.18 Å². The number of aldehydes is 1. The Balaban J connectivity index is 2.91. The number of halogens is 1. The summed E-state index contributed by atoms with van der Waals surface area (Å²) >= 11 is 0. The lowest BCUT2D eigenvalue weighted by molar-refractivity contribution is 0.112. The van der Waals surface area contributed by atoms with E-state index in [-0.39, 0.29) is 5.39 Å². The first-order valence-electron chi connectivity index (χ1n) is 3.39. The molecule has 12 heavy (non-hydrogen) atoms. The highest BCUT2D eigenvalue weighted by atomic mass is 19.1. The Labute approximate surface area is 67.2 Å². The fraction of sp³-hybridized carbons (Fsp3) is 0. The van der Waals surface area contributed by atoms with Crippen LogP contribution in [0.4, 0.5) is 4.39 Å². The van der Waals surface area contributed by atoms with E-state index in [2.05, 4.69) is 9.97 Å². The van der Waals surface area contributed by atoms with Gasteiger partial charge in [-0.1, -0.05) is 0 Å². The molecule has 0 spiro atoms. The third kappa shape index (κ3) is 0.812. The highest BCUT2D eigenvalue weighted by Crippen LogP contribution is 2.17. The molecule has 0 bridgehead atoms. The van der Waals surface area contributed by atoms with Gasteiger partial charge in [0.2, 0.25) is 5.95 Å². The minimum atomic E-state index is -0.615. The summed E-state index contributed by atoms with van der Waals surface area (Å²) < 4.78 is 13.0. The zero-order valence-electron chi connectivity index (χ0n) is 6.04. The fourth-order valence-electron chi connectivity index (χ4n) is 1.15. The van der Waals surface area contributed by atoms with Crippen molar-refractivity contribution in [3.8, 4) is 0 Å². The maximum absolute atomic E-state index is 13.0. The van der Waals surface area contributed by atoms with E-state index in [9.17, 15) is 9.18 Å². The summed E-state index contributed by atoms with van der Waals surface area (Å²) in [7, 11) is 0. The molecule has 0 unspecified atom stereocenters. The van der Waals surface area contributed by atoms with Crippen LogP contribution in [-0.2, 0) is 0 Å². The summed E-state index contributed by atoms with van der Waals surface area (Å²) in [5.41, 5.74) is 0.889. The summed E-state index contributed by atoms with van der Waals surface area (Å²) in [5.74, 6) is -0.615. The third-order valence-corrected chi connectivity index (χ3v) is 1.70. The summed E-state index contributed by atoms with van der Waals surface area (Å²) in [5, 5.41) is 0.257. The van der Waals surface area contributed by atoms with Crippen LogP contribution in [0.3, 0.4) is 0 Å². The van der Waals surface area contributed by atoms with E-state index in [0.29, 0.717) is 17.4 Å². The Bertz CT molecular complexity index is 436. The minimum absolute atomic E-state index is 0.257. The summed E-state index contributed by atoms with van der Waals surface area (Å²) in [4.78, 5) is 16.6. The van der Waals surface area contributed by atoms with E-state index in [0.717, 1.165) is 0 Å². The normalized spacial score (nSPS) is 10.4. The van der Waals surface area contributed by atoms with Crippen molar-refractivity contribution in [1.29, 1.82) is 0 Å². The monoisotopic (exact) mass is 164 g/mol. The van der Waals surface area contributed by atoms with E-state index in [4.69, 9.17) is 0 Å². The molecule has 0 fully saturated rings. The van der Waals surface area contributed by atoms with Crippen LogP contribution in [0.5, 0.6) is 0 Å². The molecule has 2 rings (SSSR count). The third-order valence-electron chi connectivity index (χ3n) is 1.70. The summed E-state index contributed by atoms with van der Waals surface area (Å²) in [6.45, 7) is 0. The number of aromatic nitrogens is 2. The van der Waals surface area contributed by atoms with Crippen LogP contribution in [0.25, 0.3) is 10.9 Å². The molecule has 1 N–H and O–H groups in total. The Kier molecular flexibility index (Phi) is 1.40. The lowest BCUT2D eigenvalue weighted by Crippen LogP contribution is -1.84. The van der Waals surface area contributed by atoms with Gasteiger partial charge in [0.25, 0.3) is 0 Å². The van der Waals surface area contributed by atoms with Crippen LogP contribution < -0.4 is 0 Å². The van der Waals surface area contributed by atoms with Gasteiger partial charge in [-0.15, -0.1) is 0 Å². The van der Waals surface area contributed by atoms with Crippen molar-refractivity contribution in [1.82, 2.24) is 9.97 Å². The van der Waals surface area contributed by atoms with Crippen LogP contribution in [-0.4, -0.2) is 16.3 Å². The first-order chi connectivity index (χ1) is 5.83. The second kappa shape index (κ2) is 2.41. The molecule has 0 aliphatic rings. The molecule has 0 aliphatic heterocycles. The highest BCUT2D eigenvalue weighted by molar-refractivity contribution is 5.96. The standard InChI is InChI=1S/C8H5FN2O/c9-8-7-5(4-12)3-11-6(7)1-2-10-8/h1-4,11H. The Morgan fingerprint density at radius 3 is 3.17 bits per heavy atom. The maximum Gasteiger partial charge on any atom is 0.222 e. The van der Waals surface area contributed by atoms with Crippen molar-refractivity contribution >= 4 is 17.2 Å². The topological polar surface area (TPSA) is 45.8 Å². The molecule has 0 radical (unpaired) electrons. The number of pyridine rings is 1. The van der Waals surface area contributed by atoms with E-state index < -0.39 is 5.95 Å². The molecular weight excluding hydrogens is 159 g/mol. The first-order valence-corrected chi connectivity index (χ1v) is 3.39. The number of nitrogens with zero attached hydrogens (tertiary/aromatic N) is 1. The second-order valence-electron chi connectivity index (χ2n) is 2.39. The van der Waals surface area contributed by atoms with Gasteiger partial charge in [-0.2, -0.15) is 4.39 Å². The van der Waals surface area contributed by atoms with Crippen molar-refractivity contribution in [2.75, 3.05) is 0 Å². The van der Waals surface area contributed by atoms with Crippen molar-refractivity contribution in [3.05, 3.63) is 30.0 Å². The Hall–Kier alpha value is -1.71. The van der Waals surface area contributed by atoms with Gasteiger partial charge < -0.3 is 4.98 Å². The highest BCUT2D eigenvalue weighted by Gasteiger charge is 2.07. The molecule has 0 aliphatic carbocycles. The van der Waals surface area contributed by atoms with Gasteiger partial charge in [0.05, 0.1) is 10.9 Å². The Morgan fingerprint density at radius 1 is 1.58 bits per heavy atom. The molecule has 3 nitrogen and oxygen atoms in total. The van der Waals surface area contributed by atoms with E-state index in [1.165, 1.54) is 12.4 Å². The smallest absolute Gasteiger partial charge is 0.222 e. The number of carbonyl (C=O) groups excluding carboxylic acids is 1. The van der Waals surface area contributed by atoms with Crippen molar-refractivity contribution in [2.24, 2.45) is 0 Å². The number of carbonyl (C=O) groups is 1. The number of fused-ring (bicyclic) bond motifs is 1. The molecule has 0 atom stereocenters. The zero-order chi connectivity index (χ0) is 8.55. The lowest BCUT2D eigenvalue weighted by Gasteiger charge is -1.90. The predicted molar refractivity (Wildman–Crippen MR) is 41.4 cm³/mol. The van der Waals surface area contributed by atoms with Crippen LogP contribution in [0, 0.1) is 5.95 Å². The van der Waals surface area contributed by atoms with Crippen molar-refractivity contribution in [2.45, 2.75) is 0 Å². The number of H-pyrrole nitrogens is 1. The molecule has 2 aromatic heterocycles. The van der Waals surface area contributed by atoms with Gasteiger partial charge in [0.15, 0.2) is 6.29 Å². The van der Waals surface area contributed by atoms with Gasteiger partial charge in [0, 0.05) is 18.0 Å². The van der Waals surface area contributed by atoms with E-state index >= 15 is 0 Å². The first kappa shape index (κ1) is 6.97. The molecular formula is C8H5FN2O. The number of rotatable bonds is 1. The number of hydrogen-bond donors (Lipinski definition) is 1. The van der Waals surface area contributed by atoms with Gasteiger partial charge in [-0.3, -0.25) is 4.79 Å². The largest absolute Gasteiger partial charge is 0.360 e. The van der Waals surface area contributed by atoms with Crippen LogP contribution in [0.1, 0.15) is 10.4 Å². The van der Waals surface area contributed by atoms with E-state index in [1.807, 2.05) is 0 Å². The summed E-state index contributed by atoms with van der Waals surface area (Å²) in [6.07, 6.45) is 3.41. The van der Waals surface area contributed by atoms with Gasteiger partial charge >= 0.3 is 0 Å². The molecule has 0 saturated carbocycles. The van der Waals surface area contributed by atoms with Crippen LogP contribution in [0.15, 0.2) is 18.5 Å². The SMILES string of the molecule is O=Cc1c[nH]c2ccnc(F)c12. The molecule has 2 aromatic rings. The van der Waals surface area contributed by atoms with E-state index in [1.54, 1.807) is 6.07 Å². The number of aromatic amines is 1. The molecule has 0 amide bonds. The average molecular weight is 164 g/mol. The summed E-state index contributed by atoms with van der Waals surface area (Å²) in [6, 6.07) is 1.62. The molecule has 4 heteroatoms. The number of nitrogens with one attached hydrogen (secondary N) is 1. The lowest BCUT2D eigenvalue weighted by atomic mass is 10.2. The fourth-order valence-corrected chi connectivity index (χ4v) is 1.15.